The van der Waals surface area contributed by atoms with E-state index in [1.54, 1.807) is 0 Å². The molecule has 0 unspecified atom stereocenters. The molecule has 0 aliphatic carbocycles. The molecule has 1 N–H and O–H groups in total. The quantitative estimate of drug-likeness (QED) is 0.748. The lowest BCUT2D eigenvalue weighted by molar-refractivity contribution is 0.413. The molecular weight excluding hydrogens is 246 g/mol. The summed E-state index contributed by atoms with van der Waals surface area (Å²) in [6.07, 6.45) is 1.18. The van der Waals surface area contributed by atoms with Crippen molar-refractivity contribution < 1.29 is 0 Å². The van der Waals surface area contributed by atoms with Crippen LogP contribution in [0.1, 0.15) is 32.8 Å². The number of likely N-dealkylation sites (N-methyl/N-ethyl adjacent to an activating group) is 1. The summed E-state index contributed by atoms with van der Waals surface area (Å²) >= 11 is 0. The average molecular weight is 277 g/mol. The standard InChI is InChI=1S/C17H31N3/c1-6-11-20(13-12-19(4)5)17-9-7-16(8-10-17)14-18-15(2)3/h7-10,15,18H,6,11-14H2,1-5H3. The van der Waals surface area contributed by atoms with Crippen LogP contribution in [0.2, 0.25) is 0 Å². The Kier molecular flexibility index (Phi) is 7.63. The van der Waals surface area contributed by atoms with Gasteiger partial charge in [0.15, 0.2) is 0 Å². The number of benzene rings is 1. The molecule has 114 valence electrons. The fourth-order valence-corrected chi connectivity index (χ4v) is 2.11. The summed E-state index contributed by atoms with van der Waals surface area (Å²) in [5, 5.41) is 3.46. The second-order valence-corrected chi connectivity index (χ2v) is 5.99. The summed E-state index contributed by atoms with van der Waals surface area (Å²) in [6, 6.07) is 9.52. The van der Waals surface area contributed by atoms with E-state index in [0.717, 1.165) is 26.2 Å². The molecule has 0 saturated heterocycles. The maximum absolute atomic E-state index is 3.46. The number of anilines is 1. The highest BCUT2D eigenvalue weighted by atomic mass is 15.2. The van der Waals surface area contributed by atoms with Gasteiger partial charge in [-0.3, -0.25) is 0 Å². The predicted molar refractivity (Wildman–Crippen MR) is 89.5 cm³/mol. The van der Waals surface area contributed by atoms with Crippen molar-refractivity contribution in [3.05, 3.63) is 29.8 Å². The lowest BCUT2D eigenvalue weighted by Crippen LogP contribution is -2.32. The van der Waals surface area contributed by atoms with Gasteiger partial charge in [0.2, 0.25) is 0 Å². The topological polar surface area (TPSA) is 18.5 Å². The van der Waals surface area contributed by atoms with Crippen LogP contribution in [-0.2, 0) is 6.54 Å². The van der Waals surface area contributed by atoms with Crippen molar-refractivity contribution in [1.29, 1.82) is 0 Å². The largest absolute Gasteiger partial charge is 0.370 e. The lowest BCUT2D eigenvalue weighted by atomic mass is 10.1. The van der Waals surface area contributed by atoms with Crippen molar-refractivity contribution in [3.8, 4) is 0 Å². The molecule has 0 saturated carbocycles. The van der Waals surface area contributed by atoms with E-state index in [0.29, 0.717) is 6.04 Å². The molecular formula is C17H31N3. The fourth-order valence-electron chi connectivity index (χ4n) is 2.11. The van der Waals surface area contributed by atoms with Crippen molar-refractivity contribution in [3.63, 3.8) is 0 Å². The van der Waals surface area contributed by atoms with Gasteiger partial charge in [-0.05, 0) is 38.2 Å². The third-order valence-corrected chi connectivity index (χ3v) is 3.33. The zero-order valence-corrected chi connectivity index (χ0v) is 13.8. The number of hydrogen-bond acceptors (Lipinski definition) is 3. The van der Waals surface area contributed by atoms with Crippen LogP contribution in [0.15, 0.2) is 24.3 Å². The highest BCUT2D eigenvalue weighted by Gasteiger charge is 2.06. The molecule has 1 rings (SSSR count). The van der Waals surface area contributed by atoms with Gasteiger partial charge in [-0.2, -0.15) is 0 Å². The van der Waals surface area contributed by atoms with Gasteiger partial charge in [0.1, 0.15) is 0 Å². The molecule has 0 heterocycles. The minimum atomic E-state index is 0.534. The molecule has 1 aromatic carbocycles. The Balaban J connectivity index is 2.62. The van der Waals surface area contributed by atoms with E-state index in [9.17, 15) is 0 Å². The molecule has 0 bridgehead atoms. The minimum Gasteiger partial charge on any atom is -0.370 e. The first kappa shape index (κ1) is 17.0. The Morgan fingerprint density at radius 1 is 1.00 bits per heavy atom. The van der Waals surface area contributed by atoms with Gasteiger partial charge < -0.3 is 15.1 Å². The first-order valence-corrected chi connectivity index (χ1v) is 7.75. The summed E-state index contributed by atoms with van der Waals surface area (Å²) in [4.78, 5) is 4.71. The second kappa shape index (κ2) is 8.98. The van der Waals surface area contributed by atoms with Gasteiger partial charge >= 0.3 is 0 Å². The van der Waals surface area contributed by atoms with Crippen molar-refractivity contribution in [2.45, 2.75) is 39.8 Å². The van der Waals surface area contributed by atoms with Gasteiger partial charge in [-0.25, -0.2) is 0 Å². The summed E-state index contributed by atoms with van der Waals surface area (Å²) in [5.41, 5.74) is 2.69. The van der Waals surface area contributed by atoms with Crippen molar-refractivity contribution in [2.75, 3.05) is 38.6 Å². The summed E-state index contributed by atoms with van der Waals surface area (Å²) in [6.45, 7) is 10.8. The van der Waals surface area contributed by atoms with Gasteiger partial charge in [0.25, 0.3) is 0 Å². The second-order valence-electron chi connectivity index (χ2n) is 5.99. The van der Waals surface area contributed by atoms with Crippen LogP contribution in [-0.4, -0.2) is 44.7 Å². The smallest absolute Gasteiger partial charge is 0.0366 e. The zero-order valence-electron chi connectivity index (χ0n) is 13.8. The third kappa shape index (κ3) is 6.40. The highest BCUT2D eigenvalue weighted by molar-refractivity contribution is 5.47. The number of hydrogen-bond donors (Lipinski definition) is 1. The van der Waals surface area contributed by atoms with Crippen LogP contribution in [0.4, 0.5) is 5.69 Å². The van der Waals surface area contributed by atoms with Crippen molar-refractivity contribution in [2.24, 2.45) is 0 Å². The van der Waals surface area contributed by atoms with Gasteiger partial charge in [-0.15, -0.1) is 0 Å². The Labute approximate surface area is 125 Å². The van der Waals surface area contributed by atoms with Crippen LogP contribution >= 0.6 is 0 Å². The summed E-state index contributed by atoms with van der Waals surface area (Å²) in [7, 11) is 4.26. The molecule has 0 aliphatic heterocycles. The van der Waals surface area contributed by atoms with Crippen LogP contribution in [0.25, 0.3) is 0 Å². The first-order chi connectivity index (χ1) is 9.52. The average Bonchev–Trinajstić information content (AvgIpc) is 2.41. The van der Waals surface area contributed by atoms with Crippen LogP contribution < -0.4 is 10.2 Å². The predicted octanol–water partition coefficient (Wildman–Crippen LogP) is 2.96. The zero-order chi connectivity index (χ0) is 15.0. The van der Waals surface area contributed by atoms with E-state index >= 15 is 0 Å². The molecule has 0 aromatic heterocycles. The minimum absolute atomic E-state index is 0.534. The number of rotatable bonds is 9. The molecule has 0 atom stereocenters. The molecule has 0 fully saturated rings. The van der Waals surface area contributed by atoms with Crippen LogP contribution in [0.5, 0.6) is 0 Å². The van der Waals surface area contributed by atoms with Crippen LogP contribution in [0, 0.1) is 0 Å². The van der Waals surface area contributed by atoms with E-state index in [1.165, 1.54) is 17.7 Å². The molecule has 3 nitrogen and oxygen atoms in total. The maximum atomic E-state index is 3.46. The Morgan fingerprint density at radius 2 is 1.65 bits per heavy atom. The van der Waals surface area contributed by atoms with E-state index in [1.807, 2.05) is 0 Å². The van der Waals surface area contributed by atoms with Crippen LogP contribution in [0.3, 0.4) is 0 Å². The van der Waals surface area contributed by atoms with E-state index < -0.39 is 0 Å². The van der Waals surface area contributed by atoms with E-state index in [-0.39, 0.29) is 0 Å². The Bertz CT molecular complexity index is 357. The third-order valence-electron chi connectivity index (χ3n) is 3.33. The molecule has 1 aromatic rings. The molecule has 0 radical (unpaired) electrons. The fraction of sp³-hybridized carbons (Fsp3) is 0.647. The summed E-state index contributed by atoms with van der Waals surface area (Å²) < 4.78 is 0. The Morgan fingerprint density at radius 3 is 2.15 bits per heavy atom. The normalized spacial score (nSPS) is 11.3. The molecule has 0 aliphatic rings. The van der Waals surface area contributed by atoms with Crippen molar-refractivity contribution in [1.82, 2.24) is 10.2 Å². The van der Waals surface area contributed by atoms with Gasteiger partial charge in [0.05, 0.1) is 0 Å². The van der Waals surface area contributed by atoms with Crippen molar-refractivity contribution >= 4 is 5.69 Å². The highest BCUT2D eigenvalue weighted by Crippen LogP contribution is 2.15. The molecule has 0 spiro atoms. The number of nitrogens with zero attached hydrogens (tertiary/aromatic N) is 2. The lowest BCUT2D eigenvalue weighted by Gasteiger charge is -2.26. The number of nitrogens with one attached hydrogen (secondary N) is 1. The van der Waals surface area contributed by atoms with Gasteiger partial charge in [-0.1, -0.05) is 32.9 Å². The van der Waals surface area contributed by atoms with Gasteiger partial charge in [0, 0.05) is 37.9 Å². The first-order valence-electron chi connectivity index (χ1n) is 7.75. The monoisotopic (exact) mass is 277 g/mol. The Hall–Kier alpha value is -1.06. The maximum Gasteiger partial charge on any atom is 0.0366 e. The SMILES string of the molecule is CCCN(CCN(C)C)c1ccc(CNC(C)C)cc1. The van der Waals surface area contributed by atoms with E-state index in [2.05, 4.69) is 74.2 Å². The molecule has 0 amide bonds. The molecule has 3 heteroatoms. The summed E-state index contributed by atoms with van der Waals surface area (Å²) in [5.74, 6) is 0. The molecule has 20 heavy (non-hydrogen) atoms. The van der Waals surface area contributed by atoms with E-state index in [4.69, 9.17) is 0 Å².